The van der Waals surface area contributed by atoms with E-state index in [9.17, 15) is 9.59 Å². The normalized spacial score (nSPS) is 10.0. The van der Waals surface area contributed by atoms with E-state index in [1.54, 1.807) is 0 Å². The van der Waals surface area contributed by atoms with Gasteiger partial charge in [0, 0.05) is 18.8 Å². The maximum Gasteiger partial charge on any atom is 0.329 e. The van der Waals surface area contributed by atoms with Gasteiger partial charge in [-0.05, 0) is 5.56 Å². The Morgan fingerprint density at radius 1 is 1.25 bits per heavy atom. The highest BCUT2D eigenvalue weighted by Crippen LogP contribution is 1.96. The maximum atomic E-state index is 11.1. The fourth-order valence-corrected chi connectivity index (χ4v) is 1.02. The molecule has 0 saturated carbocycles. The van der Waals surface area contributed by atoms with E-state index in [0.29, 0.717) is 6.54 Å². The van der Waals surface area contributed by atoms with Gasteiger partial charge in [0.1, 0.15) is 0 Å². The molecule has 0 spiro atoms. The van der Waals surface area contributed by atoms with Crippen molar-refractivity contribution in [2.45, 2.75) is 6.54 Å². The van der Waals surface area contributed by atoms with E-state index >= 15 is 0 Å². The van der Waals surface area contributed by atoms with Gasteiger partial charge in [-0.2, -0.15) is 0 Å². The van der Waals surface area contributed by atoms with Gasteiger partial charge in [0.25, 0.3) is 0 Å². The first-order chi connectivity index (χ1) is 7.68. The topological polar surface area (TPSA) is 78.4 Å². The molecule has 0 heterocycles. The summed E-state index contributed by atoms with van der Waals surface area (Å²) in [5.74, 6) is -1.11. The van der Waals surface area contributed by atoms with E-state index in [1.165, 1.54) is 0 Å². The lowest BCUT2D eigenvalue weighted by molar-refractivity contribution is -0.131. The maximum absolute atomic E-state index is 11.1. The molecule has 5 nitrogen and oxygen atoms in total. The van der Waals surface area contributed by atoms with E-state index in [2.05, 4.69) is 10.6 Å². The summed E-state index contributed by atoms with van der Waals surface area (Å²) in [4.78, 5) is 21.2. The zero-order valence-corrected chi connectivity index (χ0v) is 8.51. The van der Waals surface area contributed by atoms with E-state index in [1.807, 2.05) is 30.3 Å². The van der Waals surface area contributed by atoms with Crippen molar-refractivity contribution in [2.24, 2.45) is 0 Å². The van der Waals surface area contributed by atoms with E-state index < -0.39 is 12.0 Å². The first-order valence-corrected chi connectivity index (χ1v) is 4.66. The third-order valence-electron chi connectivity index (χ3n) is 1.74. The van der Waals surface area contributed by atoms with E-state index in [0.717, 1.165) is 17.8 Å². The standard InChI is InChI=1S/C11H12N2O3/c14-10(15)6-7-12-11(16)13-8-9-4-2-1-3-5-9/h1-7H,8H2,(H,14,15)(H2,12,13,16)/b7-6+. The van der Waals surface area contributed by atoms with Crippen LogP contribution in [0.4, 0.5) is 4.79 Å². The minimum Gasteiger partial charge on any atom is -0.478 e. The van der Waals surface area contributed by atoms with E-state index in [4.69, 9.17) is 5.11 Å². The van der Waals surface area contributed by atoms with Crippen LogP contribution >= 0.6 is 0 Å². The third-order valence-corrected chi connectivity index (χ3v) is 1.74. The van der Waals surface area contributed by atoms with Crippen molar-refractivity contribution in [3.05, 3.63) is 48.2 Å². The molecule has 5 heteroatoms. The highest BCUT2D eigenvalue weighted by Gasteiger charge is 1.97. The molecular formula is C11H12N2O3. The van der Waals surface area contributed by atoms with Gasteiger partial charge in [0.05, 0.1) is 0 Å². The first-order valence-electron chi connectivity index (χ1n) is 4.66. The van der Waals surface area contributed by atoms with Crippen molar-refractivity contribution in [1.29, 1.82) is 0 Å². The van der Waals surface area contributed by atoms with Gasteiger partial charge in [-0.3, -0.25) is 0 Å². The summed E-state index contributed by atoms with van der Waals surface area (Å²) in [7, 11) is 0. The second-order valence-corrected chi connectivity index (χ2v) is 2.98. The molecule has 1 aromatic carbocycles. The number of aliphatic carboxylic acids is 1. The smallest absolute Gasteiger partial charge is 0.329 e. The van der Waals surface area contributed by atoms with Crippen LogP contribution in [0.25, 0.3) is 0 Å². The molecule has 0 atom stereocenters. The molecule has 0 aliphatic carbocycles. The molecule has 3 N–H and O–H groups in total. The van der Waals surface area contributed by atoms with Crippen LogP contribution < -0.4 is 10.6 Å². The van der Waals surface area contributed by atoms with Crippen molar-refractivity contribution in [2.75, 3.05) is 0 Å². The Hall–Kier alpha value is -2.30. The van der Waals surface area contributed by atoms with Gasteiger partial charge in [-0.1, -0.05) is 30.3 Å². The second-order valence-electron chi connectivity index (χ2n) is 2.98. The number of carboxylic acids is 1. The summed E-state index contributed by atoms with van der Waals surface area (Å²) >= 11 is 0. The molecule has 0 aliphatic rings. The monoisotopic (exact) mass is 220 g/mol. The van der Waals surface area contributed by atoms with Crippen LogP contribution in [0.5, 0.6) is 0 Å². The average molecular weight is 220 g/mol. The molecule has 0 fully saturated rings. The molecule has 84 valence electrons. The Kier molecular flexibility index (Phi) is 4.59. The van der Waals surface area contributed by atoms with Gasteiger partial charge in [0.15, 0.2) is 0 Å². The zero-order chi connectivity index (χ0) is 11.8. The summed E-state index contributed by atoms with van der Waals surface area (Å²) in [5.41, 5.74) is 0.972. The molecule has 0 bridgehead atoms. The molecule has 1 rings (SSSR count). The Labute approximate surface area is 92.8 Å². The average Bonchev–Trinajstić information content (AvgIpc) is 2.27. The summed E-state index contributed by atoms with van der Waals surface area (Å²) in [6.07, 6.45) is 1.92. The lowest BCUT2D eigenvalue weighted by Crippen LogP contribution is -2.31. The van der Waals surface area contributed by atoms with Crippen LogP contribution in [0.2, 0.25) is 0 Å². The summed E-state index contributed by atoms with van der Waals surface area (Å²) in [6, 6.07) is 8.96. The van der Waals surface area contributed by atoms with Crippen molar-refractivity contribution in [3.63, 3.8) is 0 Å². The lowest BCUT2D eigenvalue weighted by Gasteiger charge is -2.03. The Morgan fingerprint density at radius 2 is 1.94 bits per heavy atom. The zero-order valence-electron chi connectivity index (χ0n) is 8.51. The predicted molar refractivity (Wildman–Crippen MR) is 58.6 cm³/mol. The molecular weight excluding hydrogens is 208 g/mol. The van der Waals surface area contributed by atoms with Crippen LogP contribution in [0.3, 0.4) is 0 Å². The number of benzene rings is 1. The fourth-order valence-electron chi connectivity index (χ4n) is 1.02. The largest absolute Gasteiger partial charge is 0.478 e. The number of carboxylic acid groups (broad SMARTS) is 1. The first kappa shape index (κ1) is 11.8. The van der Waals surface area contributed by atoms with Gasteiger partial charge >= 0.3 is 12.0 Å². The lowest BCUT2D eigenvalue weighted by atomic mass is 10.2. The number of rotatable bonds is 4. The second kappa shape index (κ2) is 6.23. The van der Waals surface area contributed by atoms with Crippen LogP contribution in [0.1, 0.15) is 5.56 Å². The Bertz CT molecular complexity index is 387. The molecule has 0 aromatic heterocycles. The van der Waals surface area contributed by atoms with Crippen LogP contribution in [0, 0.1) is 0 Å². The van der Waals surface area contributed by atoms with Gasteiger partial charge in [-0.15, -0.1) is 0 Å². The van der Waals surface area contributed by atoms with Crippen LogP contribution in [0.15, 0.2) is 42.6 Å². The highest BCUT2D eigenvalue weighted by atomic mass is 16.4. The third kappa shape index (κ3) is 4.80. The molecule has 0 saturated heterocycles. The van der Waals surface area contributed by atoms with Crippen LogP contribution in [-0.2, 0) is 11.3 Å². The summed E-state index contributed by atoms with van der Waals surface area (Å²) in [6.45, 7) is 0.396. The highest BCUT2D eigenvalue weighted by molar-refractivity contribution is 5.81. The van der Waals surface area contributed by atoms with Crippen molar-refractivity contribution in [3.8, 4) is 0 Å². The van der Waals surface area contributed by atoms with Crippen molar-refractivity contribution >= 4 is 12.0 Å². The molecule has 0 radical (unpaired) electrons. The molecule has 0 aliphatic heterocycles. The number of amides is 2. The SMILES string of the molecule is O=C(O)/C=C/NC(=O)NCc1ccccc1. The molecule has 2 amide bonds. The quantitative estimate of drug-likeness (QED) is 0.664. The van der Waals surface area contributed by atoms with Crippen molar-refractivity contribution in [1.82, 2.24) is 10.6 Å². The number of carbonyl (C=O) groups is 2. The predicted octanol–water partition coefficient (Wildman–Crippen LogP) is 1.08. The molecule has 0 unspecified atom stereocenters. The molecule has 16 heavy (non-hydrogen) atoms. The number of hydrogen-bond donors (Lipinski definition) is 3. The summed E-state index contributed by atoms with van der Waals surface area (Å²) < 4.78 is 0. The number of nitrogens with one attached hydrogen (secondary N) is 2. The minimum absolute atomic E-state index is 0.396. The fraction of sp³-hybridized carbons (Fsp3) is 0.0909. The van der Waals surface area contributed by atoms with Gasteiger partial charge in [-0.25, -0.2) is 9.59 Å². The van der Waals surface area contributed by atoms with E-state index in [-0.39, 0.29) is 0 Å². The minimum atomic E-state index is -1.11. The van der Waals surface area contributed by atoms with Gasteiger partial charge in [0.2, 0.25) is 0 Å². The van der Waals surface area contributed by atoms with Crippen LogP contribution in [-0.4, -0.2) is 17.1 Å². The van der Waals surface area contributed by atoms with Gasteiger partial charge < -0.3 is 15.7 Å². The Balaban J connectivity index is 2.28. The molecule has 1 aromatic rings. The summed E-state index contributed by atoms with van der Waals surface area (Å²) in [5, 5.41) is 13.1. The Morgan fingerprint density at radius 3 is 2.56 bits per heavy atom. The number of carbonyl (C=O) groups excluding carboxylic acids is 1. The number of urea groups is 1. The van der Waals surface area contributed by atoms with Crippen molar-refractivity contribution < 1.29 is 14.7 Å². The number of hydrogen-bond acceptors (Lipinski definition) is 2.